The van der Waals surface area contributed by atoms with Gasteiger partial charge in [-0.25, -0.2) is 9.78 Å². The molecule has 0 radical (unpaired) electrons. The Morgan fingerprint density at radius 1 is 1.40 bits per heavy atom. The molecule has 2 aromatic rings. The lowest BCUT2D eigenvalue weighted by atomic mass is 10.1. The van der Waals surface area contributed by atoms with Crippen molar-refractivity contribution in [2.24, 2.45) is 0 Å². The Bertz CT molecular complexity index is 508. The standard InChI is InChI=1S/C10H8N2O2S/c11-9-6(2-1-3-12-9)7-4-15-5-8(7)10(13)14/h1-5H,(H2,11,12)(H,13,14). The van der Waals surface area contributed by atoms with Gasteiger partial charge in [-0.3, -0.25) is 0 Å². The molecule has 15 heavy (non-hydrogen) atoms. The average molecular weight is 220 g/mol. The van der Waals surface area contributed by atoms with E-state index in [1.54, 1.807) is 29.1 Å². The number of carboxylic acids is 1. The van der Waals surface area contributed by atoms with E-state index in [1.807, 2.05) is 0 Å². The molecule has 0 fully saturated rings. The maximum Gasteiger partial charge on any atom is 0.337 e. The summed E-state index contributed by atoms with van der Waals surface area (Å²) in [6, 6.07) is 3.49. The Morgan fingerprint density at radius 2 is 2.20 bits per heavy atom. The summed E-state index contributed by atoms with van der Waals surface area (Å²) in [4.78, 5) is 14.8. The fourth-order valence-corrected chi connectivity index (χ4v) is 2.14. The number of thiophene rings is 1. The third-order valence-electron chi connectivity index (χ3n) is 2.02. The van der Waals surface area contributed by atoms with Crippen LogP contribution in [0.3, 0.4) is 0 Å². The fraction of sp³-hybridized carbons (Fsp3) is 0. The molecule has 76 valence electrons. The summed E-state index contributed by atoms with van der Waals surface area (Å²) >= 11 is 1.33. The fourth-order valence-electron chi connectivity index (χ4n) is 1.32. The maximum atomic E-state index is 10.9. The molecule has 4 nitrogen and oxygen atoms in total. The van der Waals surface area contributed by atoms with Gasteiger partial charge < -0.3 is 10.8 Å². The van der Waals surface area contributed by atoms with Crippen LogP contribution in [-0.2, 0) is 0 Å². The Kier molecular flexibility index (Phi) is 2.39. The molecule has 0 saturated carbocycles. The highest BCUT2D eigenvalue weighted by molar-refractivity contribution is 7.08. The van der Waals surface area contributed by atoms with Crippen molar-refractivity contribution in [2.45, 2.75) is 0 Å². The minimum Gasteiger partial charge on any atom is -0.478 e. The molecular formula is C10H8N2O2S. The van der Waals surface area contributed by atoms with E-state index in [0.29, 0.717) is 16.9 Å². The Hall–Kier alpha value is -1.88. The lowest BCUT2D eigenvalue weighted by Crippen LogP contribution is -1.98. The predicted molar refractivity (Wildman–Crippen MR) is 58.9 cm³/mol. The molecule has 5 heteroatoms. The van der Waals surface area contributed by atoms with Gasteiger partial charge in [-0.2, -0.15) is 11.3 Å². The molecule has 2 aromatic heterocycles. The zero-order valence-corrected chi connectivity index (χ0v) is 8.49. The van der Waals surface area contributed by atoms with Crippen LogP contribution in [0, 0.1) is 0 Å². The molecule has 0 aliphatic heterocycles. The van der Waals surface area contributed by atoms with Crippen LogP contribution < -0.4 is 5.73 Å². The number of nitrogens with two attached hydrogens (primary N) is 1. The summed E-state index contributed by atoms with van der Waals surface area (Å²) in [6.45, 7) is 0. The number of nitrogens with zero attached hydrogens (tertiary/aromatic N) is 1. The third kappa shape index (κ3) is 1.69. The topological polar surface area (TPSA) is 76.2 Å². The number of hydrogen-bond donors (Lipinski definition) is 2. The van der Waals surface area contributed by atoms with Gasteiger partial charge in [0.1, 0.15) is 5.82 Å². The second kappa shape index (κ2) is 3.70. The van der Waals surface area contributed by atoms with Crippen molar-refractivity contribution in [3.8, 4) is 11.1 Å². The van der Waals surface area contributed by atoms with E-state index < -0.39 is 5.97 Å². The summed E-state index contributed by atoms with van der Waals surface area (Å²) in [5.41, 5.74) is 7.23. The highest BCUT2D eigenvalue weighted by Gasteiger charge is 2.14. The van der Waals surface area contributed by atoms with Gasteiger partial charge in [0.15, 0.2) is 0 Å². The van der Waals surface area contributed by atoms with Crippen molar-refractivity contribution >= 4 is 23.1 Å². The van der Waals surface area contributed by atoms with Crippen molar-refractivity contribution in [1.82, 2.24) is 4.98 Å². The molecule has 0 aliphatic carbocycles. The Morgan fingerprint density at radius 3 is 2.87 bits per heavy atom. The zero-order valence-electron chi connectivity index (χ0n) is 7.68. The number of anilines is 1. The molecule has 2 rings (SSSR count). The van der Waals surface area contributed by atoms with Crippen molar-refractivity contribution in [3.05, 3.63) is 34.7 Å². The van der Waals surface area contributed by atoms with E-state index >= 15 is 0 Å². The number of aromatic carboxylic acids is 1. The number of nitrogen functional groups attached to an aromatic ring is 1. The first kappa shape index (κ1) is 9.67. The van der Waals surface area contributed by atoms with Crippen LogP contribution in [0.15, 0.2) is 29.1 Å². The number of rotatable bonds is 2. The lowest BCUT2D eigenvalue weighted by molar-refractivity contribution is 0.0698. The van der Waals surface area contributed by atoms with Crippen LogP contribution in [0.1, 0.15) is 10.4 Å². The second-order valence-electron chi connectivity index (χ2n) is 2.94. The van der Waals surface area contributed by atoms with Crippen LogP contribution in [-0.4, -0.2) is 16.1 Å². The van der Waals surface area contributed by atoms with E-state index in [4.69, 9.17) is 10.8 Å². The molecule has 0 aliphatic rings. The van der Waals surface area contributed by atoms with Crippen LogP contribution >= 0.6 is 11.3 Å². The van der Waals surface area contributed by atoms with Gasteiger partial charge in [-0.1, -0.05) is 0 Å². The van der Waals surface area contributed by atoms with Crippen LogP contribution in [0.4, 0.5) is 5.82 Å². The third-order valence-corrected chi connectivity index (χ3v) is 2.76. The first-order valence-corrected chi connectivity index (χ1v) is 5.15. The van der Waals surface area contributed by atoms with Crippen LogP contribution in [0.25, 0.3) is 11.1 Å². The van der Waals surface area contributed by atoms with Crippen molar-refractivity contribution in [3.63, 3.8) is 0 Å². The SMILES string of the molecule is Nc1ncccc1-c1cscc1C(=O)O. The first-order chi connectivity index (χ1) is 7.20. The lowest BCUT2D eigenvalue weighted by Gasteiger charge is -2.02. The highest BCUT2D eigenvalue weighted by Crippen LogP contribution is 2.30. The maximum absolute atomic E-state index is 10.9. The molecule has 0 amide bonds. The van der Waals surface area contributed by atoms with Gasteiger partial charge in [0.25, 0.3) is 0 Å². The summed E-state index contributed by atoms with van der Waals surface area (Å²) in [7, 11) is 0. The van der Waals surface area contributed by atoms with Gasteiger partial charge in [0, 0.05) is 22.7 Å². The van der Waals surface area contributed by atoms with Gasteiger partial charge in [0.05, 0.1) is 5.56 Å². The summed E-state index contributed by atoms with van der Waals surface area (Å²) in [5.74, 6) is -0.604. The van der Waals surface area contributed by atoms with Crippen LogP contribution in [0.2, 0.25) is 0 Å². The monoisotopic (exact) mass is 220 g/mol. The van der Waals surface area contributed by atoms with Gasteiger partial charge >= 0.3 is 5.97 Å². The molecule has 0 bridgehead atoms. The van der Waals surface area contributed by atoms with E-state index in [9.17, 15) is 4.79 Å². The van der Waals surface area contributed by atoms with E-state index in [0.717, 1.165) is 0 Å². The zero-order chi connectivity index (χ0) is 10.8. The molecule has 0 atom stereocenters. The first-order valence-electron chi connectivity index (χ1n) is 4.20. The van der Waals surface area contributed by atoms with E-state index in [1.165, 1.54) is 11.3 Å². The minimum atomic E-state index is -0.950. The second-order valence-corrected chi connectivity index (χ2v) is 3.68. The minimum absolute atomic E-state index is 0.264. The van der Waals surface area contributed by atoms with Gasteiger partial charge in [0.2, 0.25) is 0 Å². The smallest absolute Gasteiger partial charge is 0.337 e. The van der Waals surface area contributed by atoms with Crippen molar-refractivity contribution < 1.29 is 9.90 Å². The van der Waals surface area contributed by atoms with Gasteiger partial charge in [-0.15, -0.1) is 0 Å². The molecular weight excluding hydrogens is 212 g/mol. The molecule has 0 spiro atoms. The Balaban J connectivity index is 2.59. The summed E-state index contributed by atoms with van der Waals surface area (Å²) in [5, 5.41) is 12.3. The highest BCUT2D eigenvalue weighted by atomic mass is 32.1. The Labute approximate surface area is 90.0 Å². The normalized spacial score (nSPS) is 10.1. The molecule has 0 saturated heterocycles. The molecule has 3 N–H and O–H groups in total. The average Bonchev–Trinajstić information content (AvgIpc) is 2.67. The number of carboxylic acid groups (broad SMARTS) is 1. The number of carbonyl (C=O) groups is 1. The molecule has 0 aromatic carbocycles. The van der Waals surface area contributed by atoms with E-state index in [-0.39, 0.29) is 5.56 Å². The summed E-state index contributed by atoms with van der Waals surface area (Å²) in [6.07, 6.45) is 1.58. The molecule has 2 heterocycles. The van der Waals surface area contributed by atoms with Crippen molar-refractivity contribution in [1.29, 1.82) is 0 Å². The number of pyridine rings is 1. The van der Waals surface area contributed by atoms with E-state index in [2.05, 4.69) is 4.98 Å². The van der Waals surface area contributed by atoms with Crippen LogP contribution in [0.5, 0.6) is 0 Å². The number of hydrogen-bond acceptors (Lipinski definition) is 4. The summed E-state index contributed by atoms with van der Waals surface area (Å²) < 4.78 is 0. The largest absolute Gasteiger partial charge is 0.478 e. The van der Waals surface area contributed by atoms with Crippen molar-refractivity contribution in [2.75, 3.05) is 5.73 Å². The van der Waals surface area contributed by atoms with Gasteiger partial charge in [-0.05, 0) is 17.5 Å². The quantitative estimate of drug-likeness (QED) is 0.812. The number of aromatic nitrogens is 1. The molecule has 0 unspecified atom stereocenters. The predicted octanol–water partition coefficient (Wildman–Crippen LogP) is 2.09.